The number of aromatic nitrogens is 1. The molecule has 0 radical (unpaired) electrons. The van der Waals surface area contributed by atoms with Crippen LogP contribution in [0.4, 0.5) is 5.82 Å². The van der Waals surface area contributed by atoms with E-state index in [9.17, 15) is 9.59 Å². The maximum Gasteiger partial charge on any atom is 0.225 e. The third kappa shape index (κ3) is 5.63. The molecule has 0 unspecified atom stereocenters. The minimum absolute atomic E-state index is 0.111. The molecule has 134 valence electrons. The lowest BCUT2D eigenvalue weighted by molar-refractivity contribution is -0.121. The molecule has 7 nitrogen and oxygen atoms in total. The third-order valence-electron chi connectivity index (χ3n) is 3.73. The molecule has 0 aliphatic rings. The molecule has 7 heteroatoms. The van der Waals surface area contributed by atoms with Crippen molar-refractivity contribution in [1.29, 1.82) is 0 Å². The van der Waals surface area contributed by atoms with Crippen LogP contribution in [0.5, 0.6) is 5.75 Å². The summed E-state index contributed by atoms with van der Waals surface area (Å²) in [4.78, 5) is 25.1. The van der Waals surface area contributed by atoms with Gasteiger partial charge in [-0.25, -0.2) is 0 Å². The summed E-state index contributed by atoms with van der Waals surface area (Å²) in [5.41, 5.74) is 1.12. The molecular weight excluding hydrogens is 322 g/mol. The van der Waals surface area contributed by atoms with Crippen LogP contribution in [0, 0.1) is 6.92 Å². The standard InChI is InChI=1S/C18H23N3O4/c1-13-12-17(20-25-13)21(14(2)22)11-9-18(23)19-10-8-15-4-6-16(24-3)7-5-15/h4-7,12H,8-11H2,1-3H3,(H,19,23). The molecule has 1 aromatic heterocycles. The van der Waals surface area contributed by atoms with E-state index in [0.717, 1.165) is 17.7 Å². The number of benzene rings is 1. The van der Waals surface area contributed by atoms with Crippen molar-refractivity contribution in [3.63, 3.8) is 0 Å². The molecule has 2 aromatic rings. The van der Waals surface area contributed by atoms with Gasteiger partial charge in [-0.2, -0.15) is 0 Å². The average Bonchev–Trinajstić information content (AvgIpc) is 3.01. The van der Waals surface area contributed by atoms with Crippen LogP contribution in [0.1, 0.15) is 24.7 Å². The molecule has 25 heavy (non-hydrogen) atoms. The van der Waals surface area contributed by atoms with Gasteiger partial charge in [0.2, 0.25) is 11.8 Å². The van der Waals surface area contributed by atoms with E-state index in [4.69, 9.17) is 9.26 Å². The van der Waals surface area contributed by atoms with Gasteiger partial charge in [-0.3, -0.25) is 14.5 Å². The van der Waals surface area contributed by atoms with Crippen LogP contribution in [0.3, 0.4) is 0 Å². The zero-order valence-corrected chi connectivity index (χ0v) is 14.7. The molecule has 2 amide bonds. The summed E-state index contributed by atoms with van der Waals surface area (Å²) in [6, 6.07) is 9.39. The van der Waals surface area contributed by atoms with E-state index in [0.29, 0.717) is 18.1 Å². The Balaban J connectivity index is 1.76. The maximum absolute atomic E-state index is 12.0. The Hall–Kier alpha value is -2.83. The second-order valence-corrected chi connectivity index (χ2v) is 5.66. The zero-order valence-electron chi connectivity index (χ0n) is 14.7. The van der Waals surface area contributed by atoms with Gasteiger partial charge in [-0.15, -0.1) is 0 Å². The number of nitrogens with zero attached hydrogens (tertiary/aromatic N) is 2. The summed E-state index contributed by atoms with van der Waals surface area (Å²) in [5.74, 6) is 1.56. The van der Waals surface area contributed by atoms with E-state index >= 15 is 0 Å². The summed E-state index contributed by atoms with van der Waals surface area (Å²) >= 11 is 0. The van der Waals surface area contributed by atoms with Crippen LogP contribution in [-0.2, 0) is 16.0 Å². The van der Waals surface area contributed by atoms with Gasteiger partial charge in [0.15, 0.2) is 5.82 Å². The number of aryl methyl sites for hydroxylation is 1. The Kier molecular flexibility index (Phi) is 6.56. The molecule has 0 bridgehead atoms. The number of ether oxygens (including phenoxy) is 1. The van der Waals surface area contributed by atoms with E-state index in [2.05, 4.69) is 10.5 Å². The second kappa shape index (κ2) is 8.86. The van der Waals surface area contributed by atoms with Gasteiger partial charge in [0.1, 0.15) is 11.5 Å². The van der Waals surface area contributed by atoms with E-state index in [-0.39, 0.29) is 24.8 Å². The van der Waals surface area contributed by atoms with Gasteiger partial charge in [-0.05, 0) is 31.0 Å². The lowest BCUT2D eigenvalue weighted by Crippen LogP contribution is -2.34. The first-order valence-corrected chi connectivity index (χ1v) is 8.10. The lowest BCUT2D eigenvalue weighted by Gasteiger charge is -2.17. The first kappa shape index (κ1) is 18.5. The normalized spacial score (nSPS) is 10.4. The molecule has 0 atom stereocenters. The summed E-state index contributed by atoms with van der Waals surface area (Å²) < 4.78 is 10.1. The van der Waals surface area contributed by atoms with Crippen LogP contribution in [0.2, 0.25) is 0 Å². The number of hydrogen-bond donors (Lipinski definition) is 1. The van der Waals surface area contributed by atoms with Crippen LogP contribution in [-0.4, -0.2) is 37.2 Å². The Bertz CT molecular complexity index is 709. The highest BCUT2D eigenvalue weighted by molar-refractivity contribution is 5.91. The minimum Gasteiger partial charge on any atom is -0.497 e. The number of amides is 2. The van der Waals surface area contributed by atoms with Crippen molar-refractivity contribution in [2.24, 2.45) is 0 Å². The topological polar surface area (TPSA) is 84.7 Å². The fraction of sp³-hybridized carbons (Fsp3) is 0.389. The monoisotopic (exact) mass is 345 g/mol. The summed E-state index contributed by atoms with van der Waals surface area (Å²) in [6.45, 7) is 3.98. The number of rotatable bonds is 8. The van der Waals surface area contributed by atoms with E-state index < -0.39 is 0 Å². The molecular formula is C18H23N3O4. The Morgan fingerprint density at radius 1 is 1.28 bits per heavy atom. The Morgan fingerprint density at radius 2 is 2.00 bits per heavy atom. The average molecular weight is 345 g/mol. The third-order valence-corrected chi connectivity index (χ3v) is 3.73. The maximum atomic E-state index is 12.0. The van der Waals surface area contributed by atoms with Crippen molar-refractivity contribution < 1.29 is 18.8 Å². The van der Waals surface area contributed by atoms with Crippen LogP contribution >= 0.6 is 0 Å². The van der Waals surface area contributed by atoms with E-state index in [1.165, 1.54) is 11.8 Å². The number of methoxy groups -OCH3 is 1. The van der Waals surface area contributed by atoms with Crippen molar-refractivity contribution in [2.75, 3.05) is 25.1 Å². The van der Waals surface area contributed by atoms with Crippen molar-refractivity contribution >= 4 is 17.6 Å². The van der Waals surface area contributed by atoms with Crippen molar-refractivity contribution in [3.8, 4) is 5.75 Å². The van der Waals surface area contributed by atoms with Crippen molar-refractivity contribution in [2.45, 2.75) is 26.7 Å². The van der Waals surface area contributed by atoms with E-state index in [1.807, 2.05) is 24.3 Å². The highest BCUT2D eigenvalue weighted by Gasteiger charge is 2.16. The number of carbonyl (C=O) groups excluding carboxylic acids is 2. The van der Waals surface area contributed by atoms with Gasteiger partial charge in [0.05, 0.1) is 7.11 Å². The second-order valence-electron chi connectivity index (χ2n) is 5.66. The first-order valence-electron chi connectivity index (χ1n) is 8.10. The van der Waals surface area contributed by atoms with Gasteiger partial charge in [0.25, 0.3) is 0 Å². The SMILES string of the molecule is COc1ccc(CCNC(=O)CCN(C(C)=O)c2cc(C)on2)cc1. The zero-order chi connectivity index (χ0) is 18.2. The highest BCUT2D eigenvalue weighted by atomic mass is 16.5. The highest BCUT2D eigenvalue weighted by Crippen LogP contribution is 2.14. The van der Waals surface area contributed by atoms with Crippen molar-refractivity contribution in [3.05, 3.63) is 41.7 Å². The van der Waals surface area contributed by atoms with Crippen LogP contribution < -0.4 is 15.0 Å². The minimum atomic E-state index is -0.181. The largest absolute Gasteiger partial charge is 0.497 e. The molecule has 0 aliphatic heterocycles. The van der Waals surface area contributed by atoms with Gasteiger partial charge in [-0.1, -0.05) is 17.3 Å². The van der Waals surface area contributed by atoms with Gasteiger partial charge < -0.3 is 14.6 Å². The van der Waals surface area contributed by atoms with Crippen molar-refractivity contribution in [1.82, 2.24) is 10.5 Å². The van der Waals surface area contributed by atoms with Gasteiger partial charge >= 0.3 is 0 Å². The first-order chi connectivity index (χ1) is 12.0. The number of carbonyl (C=O) groups is 2. The van der Waals surface area contributed by atoms with Crippen LogP contribution in [0.25, 0.3) is 0 Å². The Morgan fingerprint density at radius 3 is 2.56 bits per heavy atom. The summed E-state index contributed by atoms with van der Waals surface area (Å²) in [7, 11) is 1.62. The predicted molar refractivity (Wildman–Crippen MR) is 93.6 cm³/mol. The quantitative estimate of drug-likeness (QED) is 0.792. The smallest absolute Gasteiger partial charge is 0.225 e. The molecule has 0 aliphatic carbocycles. The molecule has 1 aromatic carbocycles. The number of hydrogen-bond acceptors (Lipinski definition) is 5. The molecule has 1 heterocycles. The molecule has 0 fully saturated rings. The fourth-order valence-corrected chi connectivity index (χ4v) is 2.35. The summed E-state index contributed by atoms with van der Waals surface area (Å²) in [6.07, 6.45) is 0.933. The molecule has 0 saturated carbocycles. The number of anilines is 1. The fourth-order valence-electron chi connectivity index (χ4n) is 2.35. The lowest BCUT2D eigenvalue weighted by atomic mass is 10.1. The molecule has 2 rings (SSSR count). The van der Waals surface area contributed by atoms with Gasteiger partial charge in [0, 0.05) is 32.5 Å². The number of nitrogens with one attached hydrogen (secondary N) is 1. The summed E-state index contributed by atoms with van der Waals surface area (Å²) in [5, 5.41) is 6.68. The molecule has 0 saturated heterocycles. The van der Waals surface area contributed by atoms with E-state index in [1.54, 1.807) is 20.1 Å². The molecule has 0 spiro atoms. The Labute approximate surface area is 146 Å². The van der Waals surface area contributed by atoms with Crippen LogP contribution in [0.15, 0.2) is 34.9 Å². The predicted octanol–water partition coefficient (Wildman–Crippen LogP) is 2.09. The molecule has 1 N–H and O–H groups in total.